The van der Waals surface area contributed by atoms with E-state index < -0.39 is 0 Å². The van der Waals surface area contributed by atoms with Gasteiger partial charge in [0.05, 0.1) is 27.4 Å². The second-order valence-corrected chi connectivity index (χ2v) is 3.19. The summed E-state index contributed by atoms with van der Waals surface area (Å²) in [5, 5.41) is 8.54. The molecular weight excluding hydrogens is 206 g/mol. The van der Waals surface area contributed by atoms with E-state index in [-0.39, 0.29) is 0 Å². The highest BCUT2D eigenvalue weighted by Gasteiger charge is 2.12. The zero-order chi connectivity index (χ0) is 12.0. The molecule has 0 aliphatic rings. The Kier molecular flexibility index (Phi) is 4.46. The van der Waals surface area contributed by atoms with Gasteiger partial charge in [-0.15, -0.1) is 0 Å². The van der Waals surface area contributed by atoms with Gasteiger partial charge >= 0.3 is 0 Å². The maximum absolute atomic E-state index is 8.54. The molecule has 0 spiro atoms. The predicted octanol–water partition coefficient (Wildman–Crippen LogP) is 2.17. The molecule has 1 aromatic rings. The highest BCUT2D eigenvalue weighted by atomic mass is 16.5. The average molecular weight is 221 g/mol. The van der Waals surface area contributed by atoms with Crippen LogP contribution in [0.15, 0.2) is 12.1 Å². The summed E-state index contributed by atoms with van der Waals surface area (Å²) in [6.45, 7) is 0. The molecule has 0 saturated heterocycles. The molecule has 1 rings (SSSR count). The lowest BCUT2D eigenvalue weighted by Gasteiger charge is -2.13. The van der Waals surface area contributed by atoms with E-state index in [4.69, 9.17) is 19.5 Å². The first kappa shape index (κ1) is 12.2. The second kappa shape index (κ2) is 5.86. The van der Waals surface area contributed by atoms with Gasteiger partial charge in [-0.25, -0.2) is 0 Å². The van der Waals surface area contributed by atoms with Crippen molar-refractivity contribution in [1.29, 1.82) is 5.26 Å². The van der Waals surface area contributed by atoms with Gasteiger partial charge in [-0.1, -0.05) is 0 Å². The summed E-state index contributed by atoms with van der Waals surface area (Å²) < 4.78 is 15.6. The van der Waals surface area contributed by atoms with Crippen molar-refractivity contribution in [3.8, 4) is 23.3 Å². The van der Waals surface area contributed by atoms with Crippen molar-refractivity contribution in [2.75, 3.05) is 21.3 Å². The third kappa shape index (κ3) is 2.57. The van der Waals surface area contributed by atoms with E-state index in [2.05, 4.69) is 6.07 Å². The first-order valence-electron chi connectivity index (χ1n) is 4.92. The molecule has 0 saturated carbocycles. The Morgan fingerprint density at radius 3 is 2.00 bits per heavy atom. The van der Waals surface area contributed by atoms with Crippen molar-refractivity contribution in [2.24, 2.45) is 0 Å². The lowest BCUT2D eigenvalue weighted by Crippen LogP contribution is -1.97. The first-order chi connectivity index (χ1) is 7.76. The van der Waals surface area contributed by atoms with E-state index in [1.54, 1.807) is 21.3 Å². The van der Waals surface area contributed by atoms with Crippen LogP contribution in [0.4, 0.5) is 0 Å². The number of methoxy groups -OCH3 is 3. The minimum Gasteiger partial charge on any atom is -0.493 e. The van der Waals surface area contributed by atoms with Crippen LogP contribution in [0.25, 0.3) is 0 Å². The molecule has 0 aliphatic carbocycles. The lowest BCUT2D eigenvalue weighted by molar-refractivity contribution is 0.324. The van der Waals surface area contributed by atoms with Crippen molar-refractivity contribution < 1.29 is 14.2 Å². The van der Waals surface area contributed by atoms with E-state index in [0.29, 0.717) is 30.1 Å². The number of hydrogen-bond acceptors (Lipinski definition) is 4. The largest absolute Gasteiger partial charge is 0.493 e. The molecule has 4 nitrogen and oxygen atoms in total. The molecular formula is C12H15NO3. The predicted molar refractivity (Wildman–Crippen MR) is 60.0 cm³/mol. The molecule has 1 aromatic carbocycles. The summed E-state index contributed by atoms with van der Waals surface area (Å²) in [7, 11) is 4.71. The second-order valence-electron chi connectivity index (χ2n) is 3.19. The van der Waals surface area contributed by atoms with Gasteiger partial charge < -0.3 is 14.2 Å². The van der Waals surface area contributed by atoms with Gasteiger partial charge in [0.25, 0.3) is 0 Å². The van der Waals surface area contributed by atoms with Gasteiger partial charge in [-0.05, 0) is 24.1 Å². The topological polar surface area (TPSA) is 51.5 Å². The van der Waals surface area contributed by atoms with Crippen LogP contribution in [0.2, 0.25) is 0 Å². The molecule has 0 unspecified atom stereocenters. The van der Waals surface area contributed by atoms with Crippen LogP contribution in [-0.4, -0.2) is 21.3 Å². The highest BCUT2D eigenvalue weighted by molar-refractivity contribution is 5.53. The summed E-state index contributed by atoms with van der Waals surface area (Å²) in [4.78, 5) is 0. The zero-order valence-corrected chi connectivity index (χ0v) is 9.74. The van der Waals surface area contributed by atoms with Crippen LogP contribution < -0.4 is 14.2 Å². The Labute approximate surface area is 95.4 Å². The van der Waals surface area contributed by atoms with E-state index in [0.717, 1.165) is 5.56 Å². The molecule has 16 heavy (non-hydrogen) atoms. The Bertz CT molecular complexity index is 371. The Morgan fingerprint density at radius 2 is 1.62 bits per heavy atom. The average Bonchev–Trinajstić information content (AvgIpc) is 2.34. The molecule has 0 heterocycles. The number of nitriles is 1. The van der Waals surface area contributed by atoms with Crippen LogP contribution >= 0.6 is 0 Å². The number of rotatable bonds is 5. The maximum atomic E-state index is 8.54. The van der Waals surface area contributed by atoms with Gasteiger partial charge in [0, 0.05) is 6.42 Å². The van der Waals surface area contributed by atoms with Crippen molar-refractivity contribution in [1.82, 2.24) is 0 Å². The quantitative estimate of drug-likeness (QED) is 0.764. The SMILES string of the molecule is COc1cc(CCC#N)cc(OC)c1OC. The van der Waals surface area contributed by atoms with Gasteiger partial charge in [-0.2, -0.15) is 5.26 Å². The minimum absolute atomic E-state index is 0.471. The standard InChI is InChI=1S/C12H15NO3/c1-14-10-7-9(5-4-6-13)8-11(15-2)12(10)16-3/h7-8H,4-5H2,1-3H3. The molecule has 0 fully saturated rings. The van der Waals surface area contributed by atoms with Crippen LogP contribution in [0.5, 0.6) is 17.2 Å². The summed E-state index contributed by atoms with van der Waals surface area (Å²) in [6, 6.07) is 5.83. The van der Waals surface area contributed by atoms with Gasteiger partial charge in [0.1, 0.15) is 0 Å². The Balaban J connectivity index is 3.11. The van der Waals surface area contributed by atoms with Crippen molar-refractivity contribution in [3.05, 3.63) is 17.7 Å². The maximum Gasteiger partial charge on any atom is 0.203 e. The molecule has 86 valence electrons. The van der Waals surface area contributed by atoms with Crippen LogP contribution in [0, 0.1) is 11.3 Å². The fourth-order valence-electron chi connectivity index (χ4n) is 1.48. The minimum atomic E-state index is 0.471. The smallest absolute Gasteiger partial charge is 0.203 e. The molecule has 0 bridgehead atoms. The Hall–Kier alpha value is -1.89. The summed E-state index contributed by atoms with van der Waals surface area (Å²) in [6.07, 6.45) is 1.14. The Morgan fingerprint density at radius 1 is 1.06 bits per heavy atom. The molecule has 0 amide bonds. The molecule has 0 aromatic heterocycles. The number of aryl methyl sites for hydroxylation is 1. The molecule has 0 aliphatic heterocycles. The summed E-state index contributed by atoms with van der Waals surface area (Å²) in [5.41, 5.74) is 0.996. The fourth-order valence-corrected chi connectivity index (χ4v) is 1.48. The van der Waals surface area contributed by atoms with E-state index >= 15 is 0 Å². The third-order valence-corrected chi connectivity index (χ3v) is 2.25. The number of nitrogens with zero attached hydrogens (tertiary/aromatic N) is 1. The fraction of sp³-hybridized carbons (Fsp3) is 0.417. The van der Waals surface area contributed by atoms with E-state index in [9.17, 15) is 0 Å². The monoisotopic (exact) mass is 221 g/mol. The number of ether oxygens (including phenoxy) is 3. The van der Waals surface area contributed by atoms with Gasteiger partial charge in [-0.3, -0.25) is 0 Å². The first-order valence-corrected chi connectivity index (χ1v) is 4.92. The van der Waals surface area contributed by atoms with Crippen molar-refractivity contribution >= 4 is 0 Å². The lowest BCUT2D eigenvalue weighted by atomic mass is 10.1. The van der Waals surface area contributed by atoms with Crippen LogP contribution in [0.3, 0.4) is 0 Å². The molecule has 0 radical (unpaired) electrons. The molecule has 0 N–H and O–H groups in total. The van der Waals surface area contributed by atoms with E-state index in [1.807, 2.05) is 12.1 Å². The van der Waals surface area contributed by atoms with Gasteiger partial charge in [0.2, 0.25) is 5.75 Å². The van der Waals surface area contributed by atoms with Crippen LogP contribution in [0.1, 0.15) is 12.0 Å². The number of benzene rings is 1. The summed E-state index contributed by atoms with van der Waals surface area (Å²) >= 11 is 0. The number of hydrogen-bond donors (Lipinski definition) is 0. The zero-order valence-electron chi connectivity index (χ0n) is 9.74. The molecule has 4 heteroatoms. The third-order valence-electron chi connectivity index (χ3n) is 2.25. The summed E-state index contributed by atoms with van der Waals surface area (Å²) in [5.74, 6) is 1.82. The normalized spacial score (nSPS) is 9.38. The van der Waals surface area contributed by atoms with Crippen molar-refractivity contribution in [3.63, 3.8) is 0 Å². The van der Waals surface area contributed by atoms with Gasteiger partial charge in [0.15, 0.2) is 11.5 Å². The van der Waals surface area contributed by atoms with Crippen LogP contribution in [-0.2, 0) is 6.42 Å². The van der Waals surface area contributed by atoms with Crippen molar-refractivity contribution in [2.45, 2.75) is 12.8 Å². The molecule has 0 atom stereocenters. The van der Waals surface area contributed by atoms with E-state index in [1.165, 1.54) is 0 Å². The highest BCUT2D eigenvalue weighted by Crippen LogP contribution is 2.38.